The topological polar surface area (TPSA) is 20.2 Å². The number of hydrogen-bond donors (Lipinski definition) is 1. The van der Waals surface area contributed by atoms with E-state index in [0.717, 1.165) is 0 Å². The zero-order valence-electron chi connectivity index (χ0n) is 7.10. The Morgan fingerprint density at radius 2 is 0.765 bits per heavy atom. The summed E-state index contributed by atoms with van der Waals surface area (Å²) in [6, 6.07) is 0. The predicted molar refractivity (Wildman–Crippen MR) is 170 cm³/mol. The van der Waals surface area contributed by atoms with Gasteiger partial charge in [0, 0.05) is 0 Å². The highest BCUT2D eigenvalue weighted by Crippen LogP contribution is 2.71. The zero-order chi connectivity index (χ0) is 14.5. The molecule has 0 saturated heterocycles. The van der Waals surface area contributed by atoms with Crippen LogP contribution in [-0.4, -0.2) is 10.4 Å². The van der Waals surface area contributed by atoms with E-state index in [1.54, 1.807) is 0 Å². The Morgan fingerprint density at radius 1 is 0.471 bits per heavy atom. The maximum atomic E-state index is 11.0. The summed E-state index contributed by atoms with van der Waals surface area (Å²) < 4.78 is -1.58. The van der Waals surface area contributed by atoms with Crippen LogP contribution in [0, 0.1) is 0 Å². The molecule has 0 aliphatic carbocycles. The molecular formula is C5HI11O. The second kappa shape index (κ2) is 8.79. The van der Waals surface area contributed by atoms with Gasteiger partial charge in [-0.15, -0.1) is 0 Å². The third-order valence-electron chi connectivity index (χ3n) is 1.54. The van der Waals surface area contributed by atoms with E-state index in [-0.39, 0.29) is 1.73 Å². The number of aliphatic hydroxyl groups is 1. The van der Waals surface area contributed by atoms with Gasteiger partial charge in [-0.25, -0.2) is 0 Å². The molecule has 104 valence electrons. The van der Waals surface area contributed by atoms with Crippen molar-refractivity contribution >= 4 is 248 Å². The first kappa shape index (κ1) is 25.0. The third kappa shape index (κ3) is 5.99. The lowest BCUT2D eigenvalue weighted by molar-refractivity contribution is 0.173. The van der Waals surface area contributed by atoms with Crippen molar-refractivity contribution in [1.29, 1.82) is 0 Å². The van der Waals surface area contributed by atoms with E-state index in [2.05, 4.69) is 248 Å². The Labute approximate surface area is 251 Å². The maximum absolute atomic E-state index is 11.0. The number of halogens is 11. The molecule has 1 N–H and O–H groups in total. The first-order valence-corrected chi connectivity index (χ1v) is 15.2. The fraction of sp³-hybridized carbons (Fsp3) is 1.00. The molecule has 0 aliphatic rings. The standard InChI is InChI=1S/C5HI11O/c6-1(7,2(8,9)4(11,12)13)3(10,17)5(14,15)16/h17H. The highest BCUT2D eigenvalue weighted by molar-refractivity contribution is 14.3. The van der Waals surface area contributed by atoms with Crippen molar-refractivity contribution in [2.24, 2.45) is 0 Å². The molecule has 0 amide bonds. The molecule has 0 spiro atoms. The van der Waals surface area contributed by atoms with Gasteiger partial charge in [-0.2, -0.15) is 0 Å². The van der Waals surface area contributed by atoms with Gasteiger partial charge in [-0.05, 0) is 22.6 Å². The normalized spacial score (nSPS) is 19.1. The Kier molecular flexibility index (Phi) is 12.9. The molecule has 0 fully saturated rings. The maximum Gasteiger partial charge on any atom is 0.173 e. The van der Waals surface area contributed by atoms with Gasteiger partial charge in [0.2, 0.25) is 0 Å². The molecule has 0 aromatic rings. The molecule has 0 radical (unpaired) electrons. The Balaban J connectivity index is 5.73. The molecule has 1 unspecified atom stereocenters. The summed E-state index contributed by atoms with van der Waals surface area (Å²) in [7, 11) is 0. The van der Waals surface area contributed by atoms with Crippen molar-refractivity contribution in [1.82, 2.24) is 0 Å². The van der Waals surface area contributed by atoms with E-state index in [0.29, 0.717) is 0 Å². The smallest absolute Gasteiger partial charge is 0.173 e. The van der Waals surface area contributed by atoms with Crippen LogP contribution in [0.25, 0.3) is 0 Å². The number of hydrogen-bond acceptors (Lipinski definition) is 1. The van der Waals surface area contributed by atoms with Crippen LogP contribution >= 0.6 is 248 Å². The second-order valence-corrected chi connectivity index (χ2v) is 37.0. The molecule has 12 heteroatoms. The van der Waals surface area contributed by atoms with Crippen LogP contribution in [0.1, 0.15) is 0 Å². The summed E-state index contributed by atoms with van der Waals surface area (Å²) in [5.41, 5.74) is 0. The lowest BCUT2D eigenvalue weighted by Crippen LogP contribution is -2.60. The van der Waals surface area contributed by atoms with Gasteiger partial charge in [0.25, 0.3) is 0 Å². The molecule has 0 heterocycles. The van der Waals surface area contributed by atoms with Gasteiger partial charge >= 0.3 is 0 Å². The largest absolute Gasteiger partial charge is 0.374 e. The predicted octanol–water partition coefficient (Wildman–Crippen LogP) is 8.16. The van der Waals surface area contributed by atoms with Crippen LogP contribution in [0.5, 0.6) is 0 Å². The highest BCUT2D eigenvalue weighted by Gasteiger charge is 2.69. The zero-order valence-corrected chi connectivity index (χ0v) is 30.8. The fourth-order valence-electron chi connectivity index (χ4n) is 0.564. The lowest BCUT2D eigenvalue weighted by atomic mass is 10.2. The Morgan fingerprint density at radius 3 is 0.941 bits per heavy atom. The summed E-state index contributed by atoms with van der Waals surface area (Å²) >= 11 is 26.1. The minimum Gasteiger partial charge on any atom is -0.374 e. The quantitative estimate of drug-likeness (QED) is 0.223. The van der Waals surface area contributed by atoms with E-state index < -0.39 is 3.61 Å². The van der Waals surface area contributed by atoms with E-state index in [4.69, 9.17) is 0 Å². The molecule has 0 aromatic carbocycles. The van der Waals surface area contributed by atoms with Gasteiger partial charge < -0.3 is 5.11 Å². The minimum atomic E-state index is -0.851. The Bertz CT molecular complexity index is 255. The van der Waals surface area contributed by atoms with Crippen LogP contribution in [0.2, 0.25) is 0 Å². The van der Waals surface area contributed by atoms with Crippen molar-refractivity contribution < 1.29 is 5.11 Å². The van der Waals surface area contributed by atoms with Gasteiger partial charge in [0.05, 0.1) is 0 Å². The average Bonchev–Trinajstić information content (AvgIpc) is 1.98. The highest BCUT2D eigenvalue weighted by atomic mass is 127. The van der Waals surface area contributed by atoms with Gasteiger partial charge in [0.15, 0.2) is 3.04 Å². The molecular weight excluding hydrogens is 1470 g/mol. The van der Waals surface area contributed by atoms with Gasteiger partial charge in [0.1, 0.15) is 2.29 Å². The molecule has 0 aliphatic heterocycles. The fourth-order valence-corrected chi connectivity index (χ4v) is 13.0. The first-order chi connectivity index (χ1) is 7.00. The van der Waals surface area contributed by atoms with Crippen LogP contribution in [-0.2, 0) is 0 Å². The van der Waals surface area contributed by atoms with E-state index in [1.165, 1.54) is 0 Å². The molecule has 0 aromatic heterocycles. The SMILES string of the molecule is OC(I)(C(I)(I)I)C(I)(I)C(I)(I)C(I)(I)I. The minimum absolute atomic E-state index is 0.00188. The molecule has 17 heavy (non-hydrogen) atoms. The van der Waals surface area contributed by atoms with Crippen molar-refractivity contribution in [2.75, 3.05) is 0 Å². The van der Waals surface area contributed by atoms with E-state index >= 15 is 0 Å². The summed E-state index contributed by atoms with van der Waals surface area (Å²) in [5, 5.41) is 11.0. The molecule has 0 rings (SSSR count). The van der Waals surface area contributed by atoms with Crippen LogP contribution in [0.4, 0.5) is 0 Å². The molecule has 0 bridgehead atoms. The van der Waals surface area contributed by atoms with Crippen molar-refractivity contribution in [3.63, 3.8) is 0 Å². The molecule has 1 atom stereocenters. The first-order valence-electron chi connectivity index (χ1n) is 3.30. The number of alkyl halides is 11. The Hall–Kier alpha value is 7.99. The monoisotopic (exact) mass is 1470 g/mol. The summed E-state index contributed by atoms with van der Waals surface area (Å²) in [4.78, 5) is 0. The van der Waals surface area contributed by atoms with Crippen LogP contribution in [0.3, 0.4) is 0 Å². The third-order valence-corrected chi connectivity index (χ3v) is 29.8. The molecule has 0 saturated carbocycles. The van der Waals surface area contributed by atoms with E-state index in [1.807, 2.05) is 0 Å². The van der Waals surface area contributed by atoms with Gasteiger partial charge in [-0.3, -0.25) is 0 Å². The lowest BCUT2D eigenvalue weighted by Gasteiger charge is -2.50. The van der Waals surface area contributed by atoms with Crippen LogP contribution < -0.4 is 0 Å². The number of rotatable bonds is 4. The summed E-state index contributed by atoms with van der Waals surface area (Å²) in [5.74, 6) is 0. The summed E-state index contributed by atoms with van der Waals surface area (Å²) in [6.45, 7) is 0. The average molecular weight is 1470 g/mol. The summed E-state index contributed by atoms with van der Waals surface area (Å²) in [6.07, 6.45) is 0. The van der Waals surface area contributed by atoms with Crippen molar-refractivity contribution in [3.05, 3.63) is 0 Å². The van der Waals surface area contributed by atoms with Crippen LogP contribution in [0.15, 0.2) is 0 Å². The van der Waals surface area contributed by atoms with Crippen molar-refractivity contribution in [3.8, 4) is 0 Å². The van der Waals surface area contributed by atoms with Gasteiger partial charge in [-0.1, -0.05) is 226 Å². The van der Waals surface area contributed by atoms with Crippen molar-refractivity contribution in [2.45, 2.75) is 5.34 Å². The van der Waals surface area contributed by atoms with E-state index in [9.17, 15) is 5.11 Å². The second-order valence-electron chi connectivity index (χ2n) is 2.77. The molecule has 1 nitrogen and oxygen atoms in total.